The molecule has 8 heteroatoms. The van der Waals surface area contributed by atoms with Crippen molar-refractivity contribution in [3.05, 3.63) is 39.9 Å². The van der Waals surface area contributed by atoms with Crippen LogP contribution in [0.4, 0.5) is 4.79 Å². The van der Waals surface area contributed by atoms with Crippen LogP contribution in [0.25, 0.3) is 0 Å². The summed E-state index contributed by atoms with van der Waals surface area (Å²) in [6, 6.07) is 1.69. The maximum Gasteiger partial charge on any atom is 0.317 e. The molecule has 0 saturated carbocycles. The van der Waals surface area contributed by atoms with E-state index in [9.17, 15) is 4.79 Å². The van der Waals surface area contributed by atoms with E-state index in [0.29, 0.717) is 32.1 Å². The molecule has 23 heavy (non-hydrogen) atoms. The predicted molar refractivity (Wildman–Crippen MR) is 86.1 cm³/mol. The fourth-order valence-electron chi connectivity index (χ4n) is 2.38. The monoisotopic (exact) mass is 333 g/mol. The molecule has 0 aliphatic carbocycles. The van der Waals surface area contributed by atoms with Gasteiger partial charge in [-0.05, 0) is 19.9 Å². The van der Waals surface area contributed by atoms with Crippen LogP contribution < -0.4 is 5.32 Å². The van der Waals surface area contributed by atoms with E-state index in [0.717, 1.165) is 16.4 Å². The first-order valence-corrected chi connectivity index (χ1v) is 8.34. The molecule has 3 heterocycles. The number of hydrogen-bond acceptors (Lipinski definition) is 6. The molecular weight excluding hydrogens is 314 g/mol. The van der Waals surface area contributed by atoms with Gasteiger partial charge in [-0.15, -0.1) is 11.3 Å². The summed E-state index contributed by atoms with van der Waals surface area (Å²) in [5, 5.41) is 5.82. The van der Waals surface area contributed by atoms with Gasteiger partial charge in [0.1, 0.15) is 16.9 Å². The molecular formula is C15H19N5O2S. The lowest BCUT2D eigenvalue weighted by atomic mass is 10.3. The van der Waals surface area contributed by atoms with Gasteiger partial charge in [-0.1, -0.05) is 0 Å². The van der Waals surface area contributed by atoms with Gasteiger partial charge in [-0.25, -0.2) is 19.7 Å². The Morgan fingerprint density at radius 2 is 2.35 bits per heavy atom. The Bertz CT molecular complexity index is 690. The minimum atomic E-state index is -0.144. The van der Waals surface area contributed by atoms with Crippen molar-refractivity contribution in [2.45, 2.75) is 26.5 Å². The summed E-state index contributed by atoms with van der Waals surface area (Å²) in [6.07, 6.45) is 1.55. The summed E-state index contributed by atoms with van der Waals surface area (Å²) in [7, 11) is 0. The van der Waals surface area contributed by atoms with E-state index in [2.05, 4.69) is 20.3 Å². The standard InChI is InChI=1S/C15H19N5O2S/c1-10-9-23-14(18-10)13-8-20(5-6-22-13)15(21)17-7-12-3-4-16-11(2)19-12/h3-4,9,13H,5-8H2,1-2H3,(H,17,21)/t13-/m0/s1. The number of nitrogens with one attached hydrogen (secondary N) is 1. The number of rotatable bonds is 3. The van der Waals surface area contributed by atoms with Gasteiger partial charge in [0, 0.05) is 23.8 Å². The van der Waals surface area contributed by atoms with E-state index >= 15 is 0 Å². The van der Waals surface area contributed by atoms with Crippen molar-refractivity contribution >= 4 is 17.4 Å². The fraction of sp³-hybridized carbons (Fsp3) is 0.467. The summed E-state index contributed by atoms with van der Waals surface area (Å²) >= 11 is 1.57. The molecule has 2 aromatic heterocycles. The first kappa shape index (κ1) is 15.8. The van der Waals surface area contributed by atoms with Crippen LogP contribution in [-0.4, -0.2) is 45.6 Å². The predicted octanol–water partition coefficient (Wildman–Crippen LogP) is 1.83. The third-order valence-electron chi connectivity index (χ3n) is 3.52. The Balaban J connectivity index is 1.56. The van der Waals surface area contributed by atoms with Crippen LogP contribution >= 0.6 is 11.3 Å². The largest absolute Gasteiger partial charge is 0.367 e. The number of thiazole rings is 1. The highest BCUT2D eigenvalue weighted by atomic mass is 32.1. The number of carbonyl (C=O) groups excluding carboxylic acids is 1. The SMILES string of the molecule is Cc1csc([C@@H]2CN(C(=O)NCc3ccnc(C)n3)CCO2)n1. The van der Waals surface area contributed by atoms with Gasteiger partial charge in [0.15, 0.2) is 0 Å². The Morgan fingerprint density at radius 3 is 3.09 bits per heavy atom. The molecule has 122 valence electrons. The third kappa shape index (κ3) is 4.02. The molecule has 2 amide bonds. The molecule has 1 fully saturated rings. The molecule has 1 N–H and O–H groups in total. The molecule has 7 nitrogen and oxygen atoms in total. The number of amides is 2. The zero-order valence-electron chi connectivity index (χ0n) is 13.2. The molecule has 0 unspecified atom stereocenters. The van der Waals surface area contributed by atoms with Crippen molar-refractivity contribution in [3.8, 4) is 0 Å². The Kier molecular flexibility index (Phi) is 4.82. The van der Waals surface area contributed by atoms with Crippen molar-refractivity contribution in [2.75, 3.05) is 19.7 Å². The maximum atomic E-state index is 12.3. The van der Waals surface area contributed by atoms with Gasteiger partial charge in [-0.2, -0.15) is 0 Å². The molecule has 1 aliphatic rings. The summed E-state index contributed by atoms with van der Waals surface area (Å²) in [4.78, 5) is 26.9. The average Bonchev–Trinajstić information content (AvgIpc) is 2.99. The quantitative estimate of drug-likeness (QED) is 0.927. The van der Waals surface area contributed by atoms with Crippen molar-refractivity contribution in [3.63, 3.8) is 0 Å². The van der Waals surface area contributed by atoms with Crippen LogP contribution in [0.3, 0.4) is 0 Å². The number of ether oxygens (including phenoxy) is 1. The number of hydrogen-bond donors (Lipinski definition) is 1. The lowest BCUT2D eigenvalue weighted by molar-refractivity contribution is -0.0156. The molecule has 0 aromatic carbocycles. The number of carbonyl (C=O) groups is 1. The second kappa shape index (κ2) is 7.01. The molecule has 0 bridgehead atoms. The van der Waals surface area contributed by atoms with Crippen LogP contribution in [0.15, 0.2) is 17.6 Å². The summed E-state index contributed by atoms with van der Waals surface area (Å²) < 4.78 is 5.74. The minimum Gasteiger partial charge on any atom is -0.367 e. The van der Waals surface area contributed by atoms with E-state index in [1.807, 2.05) is 19.2 Å². The minimum absolute atomic E-state index is 0.108. The number of urea groups is 1. The fourth-order valence-corrected chi connectivity index (χ4v) is 3.22. The highest BCUT2D eigenvalue weighted by Crippen LogP contribution is 2.25. The maximum absolute atomic E-state index is 12.3. The summed E-state index contributed by atoms with van der Waals surface area (Å²) in [5.41, 5.74) is 1.78. The molecule has 2 aromatic rings. The van der Waals surface area contributed by atoms with E-state index in [1.54, 1.807) is 28.5 Å². The van der Waals surface area contributed by atoms with Crippen molar-refractivity contribution in [2.24, 2.45) is 0 Å². The van der Waals surface area contributed by atoms with Crippen molar-refractivity contribution in [1.82, 2.24) is 25.2 Å². The first-order chi connectivity index (χ1) is 11.1. The zero-order valence-corrected chi connectivity index (χ0v) is 14.0. The normalized spacial score (nSPS) is 18.0. The van der Waals surface area contributed by atoms with E-state index < -0.39 is 0 Å². The molecule has 1 saturated heterocycles. The molecule has 1 atom stereocenters. The van der Waals surface area contributed by atoms with Crippen molar-refractivity contribution in [1.29, 1.82) is 0 Å². The number of morpholine rings is 1. The molecule has 0 radical (unpaired) electrons. The van der Waals surface area contributed by atoms with Crippen LogP contribution in [0.2, 0.25) is 0 Å². The zero-order chi connectivity index (χ0) is 16.2. The van der Waals surface area contributed by atoms with E-state index in [-0.39, 0.29) is 12.1 Å². The third-order valence-corrected chi connectivity index (χ3v) is 4.57. The van der Waals surface area contributed by atoms with Gasteiger partial charge >= 0.3 is 6.03 Å². The second-order valence-electron chi connectivity index (χ2n) is 5.39. The molecule has 3 rings (SSSR count). The smallest absolute Gasteiger partial charge is 0.317 e. The molecule has 1 aliphatic heterocycles. The van der Waals surface area contributed by atoms with E-state index in [1.165, 1.54) is 0 Å². The van der Waals surface area contributed by atoms with E-state index in [4.69, 9.17) is 4.74 Å². The van der Waals surface area contributed by atoms with Gasteiger partial charge in [0.25, 0.3) is 0 Å². The Hall–Kier alpha value is -2.06. The molecule has 0 spiro atoms. The number of aromatic nitrogens is 3. The number of nitrogens with zero attached hydrogens (tertiary/aromatic N) is 4. The summed E-state index contributed by atoms with van der Waals surface area (Å²) in [5.74, 6) is 0.697. The van der Waals surface area contributed by atoms with Crippen LogP contribution in [0.1, 0.15) is 28.3 Å². The highest BCUT2D eigenvalue weighted by molar-refractivity contribution is 7.09. The Morgan fingerprint density at radius 1 is 1.48 bits per heavy atom. The topological polar surface area (TPSA) is 80.2 Å². The number of aryl methyl sites for hydroxylation is 2. The van der Waals surface area contributed by atoms with Gasteiger partial charge in [0.05, 0.1) is 25.4 Å². The van der Waals surface area contributed by atoms with Gasteiger partial charge in [0.2, 0.25) is 0 Å². The highest BCUT2D eigenvalue weighted by Gasteiger charge is 2.27. The van der Waals surface area contributed by atoms with Crippen LogP contribution in [0, 0.1) is 13.8 Å². The van der Waals surface area contributed by atoms with Gasteiger partial charge < -0.3 is 15.0 Å². The van der Waals surface area contributed by atoms with Crippen LogP contribution in [0.5, 0.6) is 0 Å². The first-order valence-electron chi connectivity index (χ1n) is 7.47. The average molecular weight is 333 g/mol. The second-order valence-corrected chi connectivity index (χ2v) is 6.28. The van der Waals surface area contributed by atoms with Crippen LogP contribution in [-0.2, 0) is 11.3 Å². The lowest BCUT2D eigenvalue weighted by Gasteiger charge is -2.32. The van der Waals surface area contributed by atoms with Crippen molar-refractivity contribution < 1.29 is 9.53 Å². The lowest BCUT2D eigenvalue weighted by Crippen LogP contribution is -2.47. The summed E-state index contributed by atoms with van der Waals surface area (Å²) in [6.45, 7) is 5.78. The Labute approximate surface area is 138 Å². The van der Waals surface area contributed by atoms with Gasteiger partial charge in [-0.3, -0.25) is 0 Å².